The molecule has 7 nitrogen and oxygen atoms in total. The van der Waals surface area contributed by atoms with Gasteiger partial charge in [0.05, 0.1) is 12.1 Å². The van der Waals surface area contributed by atoms with Gasteiger partial charge in [-0.3, -0.25) is 9.36 Å². The van der Waals surface area contributed by atoms with Gasteiger partial charge in [0.15, 0.2) is 5.58 Å². The van der Waals surface area contributed by atoms with Crippen LogP contribution in [0.5, 0.6) is 0 Å². The zero-order valence-electron chi connectivity index (χ0n) is 14.8. The number of amides is 2. The lowest BCUT2D eigenvalue weighted by atomic mass is 10.1. The minimum absolute atomic E-state index is 0.0215. The molecule has 1 aliphatic heterocycles. The van der Waals surface area contributed by atoms with Gasteiger partial charge >= 0.3 is 6.09 Å². The fraction of sp³-hybridized carbons (Fsp3) is 0.500. The zero-order chi connectivity index (χ0) is 18.5. The first-order chi connectivity index (χ1) is 12.6. The first-order valence-electron chi connectivity index (χ1n) is 8.88. The Kier molecular flexibility index (Phi) is 5.92. The van der Waals surface area contributed by atoms with Crippen LogP contribution < -0.4 is 5.32 Å². The number of aromatic nitrogens is 1. The third-order valence-electron chi connectivity index (χ3n) is 4.52. The maximum Gasteiger partial charge on any atom is 0.409 e. The van der Waals surface area contributed by atoms with Crippen LogP contribution in [0.25, 0.3) is 11.1 Å². The number of hydrogen-bond donors (Lipinski definition) is 1. The molecule has 0 atom stereocenters. The highest BCUT2D eigenvalue weighted by Gasteiger charge is 2.24. The van der Waals surface area contributed by atoms with Crippen molar-refractivity contribution in [2.45, 2.75) is 38.8 Å². The number of carbonyl (C=O) groups is 2. The molecule has 0 spiro atoms. The van der Waals surface area contributed by atoms with E-state index in [0.717, 1.165) is 23.9 Å². The second-order valence-electron chi connectivity index (χ2n) is 6.27. The van der Waals surface area contributed by atoms with E-state index in [1.54, 1.807) is 11.8 Å². The number of piperidine rings is 1. The number of para-hydroxylation sites is 2. The minimum Gasteiger partial charge on any atom is -0.450 e. The molecule has 0 aliphatic carbocycles. The summed E-state index contributed by atoms with van der Waals surface area (Å²) in [4.78, 5) is 26.0. The Bertz CT molecular complexity index is 836. The van der Waals surface area contributed by atoms with Gasteiger partial charge in [0.2, 0.25) is 5.91 Å². The molecule has 0 radical (unpaired) electrons. The average molecular weight is 377 g/mol. The molecule has 8 heteroatoms. The number of nitrogens with zero attached hydrogens (tertiary/aromatic N) is 2. The fourth-order valence-corrected chi connectivity index (χ4v) is 3.44. The fourth-order valence-electron chi connectivity index (χ4n) is 3.16. The number of hydrogen-bond acceptors (Lipinski definition) is 5. The molecule has 3 rings (SSSR count). The number of nitrogens with one attached hydrogen (secondary N) is 1. The number of fused-ring (bicyclic) bond motifs is 1. The molecular formula is C18H23N3O4S. The molecule has 1 aromatic carbocycles. The maximum atomic E-state index is 12.3. The van der Waals surface area contributed by atoms with E-state index >= 15 is 0 Å². The van der Waals surface area contributed by atoms with Gasteiger partial charge in [-0.2, -0.15) is 0 Å². The van der Waals surface area contributed by atoms with Crippen LogP contribution in [0.1, 0.15) is 26.2 Å². The van der Waals surface area contributed by atoms with Crippen molar-refractivity contribution in [3.8, 4) is 0 Å². The lowest BCUT2D eigenvalue weighted by Gasteiger charge is -2.31. The van der Waals surface area contributed by atoms with Crippen molar-refractivity contribution in [1.82, 2.24) is 14.8 Å². The summed E-state index contributed by atoms with van der Waals surface area (Å²) < 4.78 is 12.4. The second-order valence-corrected chi connectivity index (χ2v) is 6.61. The molecule has 140 valence electrons. The normalized spacial score (nSPS) is 15.2. The van der Waals surface area contributed by atoms with E-state index < -0.39 is 0 Å². The molecule has 26 heavy (non-hydrogen) atoms. The van der Waals surface area contributed by atoms with Crippen LogP contribution >= 0.6 is 12.2 Å². The SMILES string of the molecule is CCOC(=O)N1CCC(NC(=O)CCn2c(=S)oc3ccccc32)CC1. The zero-order valence-corrected chi connectivity index (χ0v) is 15.6. The van der Waals surface area contributed by atoms with Gasteiger partial charge in [-0.1, -0.05) is 12.1 Å². The molecule has 2 amide bonds. The molecule has 2 heterocycles. The minimum atomic E-state index is -0.279. The van der Waals surface area contributed by atoms with Gasteiger partial charge in [-0.15, -0.1) is 0 Å². The quantitative estimate of drug-likeness (QED) is 0.811. The number of benzene rings is 1. The van der Waals surface area contributed by atoms with Gasteiger partial charge in [0.25, 0.3) is 4.84 Å². The first kappa shape index (κ1) is 18.4. The topological polar surface area (TPSA) is 76.7 Å². The van der Waals surface area contributed by atoms with Crippen molar-refractivity contribution >= 4 is 35.3 Å². The summed E-state index contributed by atoms with van der Waals surface area (Å²) in [5.41, 5.74) is 1.62. The van der Waals surface area contributed by atoms with E-state index in [1.807, 2.05) is 28.8 Å². The van der Waals surface area contributed by atoms with E-state index in [1.165, 1.54) is 0 Å². The van der Waals surface area contributed by atoms with E-state index in [9.17, 15) is 9.59 Å². The van der Waals surface area contributed by atoms with Crippen molar-refractivity contribution in [3.05, 3.63) is 29.1 Å². The number of carbonyl (C=O) groups excluding carboxylic acids is 2. The third-order valence-corrected chi connectivity index (χ3v) is 4.83. The van der Waals surface area contributed by atoms with Crippen molar-refractivity contribution in [2.24, 2.45) is 0 Å². The third kappa shape index (κ3) is 4.24. The first-order valence-corrected chi connectivity index (χ1v) is 9.28. The lowest BCUT2D eigenvalue weighted by molar-refractivity contribution is -0.122. The number of rotatable bonds is 5. The van der Waals surface area contributed by atoms with Crippen molar-refractivity contribution in [2.75, 3.05) is 19.7 Å². The lowest BCUT2D eigenvalue weighted by Crippen LogP contribution is -2.46. The van der Waals surface area contributed by atoms with Crippen LogP contribution in [0, 0.1) is 4.84 Å². The summed E-state index contributed by atoms with van der Waals surface area (Å²) >= 11 is 5.24. The van der Waals surface area contributed by atoms with Crippen molar-refractivity contribution < 1.29 is 18.7 Å². The Hall–Kier alpha value is -2.35. The van der Waals surface area contributed by atoms with E-state index in [2.05, 4.69) is 5.32 Å². The predicted octanol–water partition coefficient (Wildman–Crippen LogP) is 3.09. The van der Waals surface area contributed by atoms with Crippen LogP contribution in [0.15, 0.2) is 28.7 Å². The molecule has 1 fully saturated rings. The summed E-state index contributed by atoms with van der Waals surface area (Å²) in [5, 5.41) is 3.04. The van der Waals surface area contributed by atoms with Crippen LogP contribution in [0.4, 0.5) is 4.79 Å². The van der Waals surface area contributed by atoms with E-state index in [-0.39, 0.29) is 18.0 Å². The molecule has 0 bridgehead atoms. The second kappa shape index (κ2) is 8.35. The van der Waals surface area contributed by atoms with Crippen LogP contribution in [0.3, 0.4) is 0 Å². The molecule has 1 N–H and O–H groups in total. The molecular weight excluding hydrogens is 354 g/mol. The molecule has 0 saturated carbocycles. The Morgan fingerprint density at radius 1 is 1.31 bits per heavy atom. The summed E-state index contributed by atoms with van der Waals surface area (Å²) in [6.45, 7) is 3.84. The number of likely N-dealkylation sites (tertiary alicyclic amines) is 1. The van der Waals surface area contributed by atoms with Gasteiger partial charge < -0.3 is 19.4 Å². The number of aryl methyl sites for hydroxylation is 1. The van der Waals surface area contributed by atoms with Gasteiger partial charge in [0.1, 0.15) is 0 Å². The van der Waals surface area contributed by atoms with Gasteiger partial charge in [0, 0.05) is 32.1 Å². The molecule has 1 saturated heterocycles. The maximum absolute atomic E-state index is 12.3. The Labute approximate surface area is 156 Å². The Morgan fingerprint density at radius 2 is 2.04 bits per heavy atom. The smallest absolute Gasteiger partial charge is 0.409 e. The van der Waals surface area contributed by atoms with E-state index in [4.69, 9.17) is 21.4 Å². The molecule has 1 aromatic heterocycles. The van der Waals surface area contributed by atoms with E-state index in [0.29, 0.717) is 37.5 Å². The summed E-state index contributed by atoms with van der Waals surface area (Å²) in [5.74, 6) is -0.0215. The Balaban J connectivity index is 1.48. The average Bonchev–Trinajstić information content (AvgIpc) is 2.96. The summed E-state index contributed by atoms with van der Waals surface area (Å²) in [6, 6.07) is 7.68. The summed E-state index contributed by atoms with van der Waals surface area (Å²) in [7, 11) is 0. The number of oxazole rings is 1. The highest BCUT2D eigenvalue weighted by molar-refractivity contribution is 7.71. The molecule has 2 aromatic rings. The van der Waals surface area contributed by atoms with Crippen LogP contribution in [-0.2, 0) is 16.1 Å². The monoisotopic (exact) mass is 377 g/mol. The van der Waals surface area contributed by atoms with Crippen LogP contribution in [-0.4, -0.2) is 47.2 Å². The highest BCUT2D eigenvalue weighted by atomic mass is 32.1. The van der Waals surface area contributed by atoms with Crippen LogP contribution in [0.2, 0.25) is 0 Å². The number of ether oxygens (including phenoxy) is 1. The predicted molar refractivity (Wildman–Crippen MR) is 99.4 cm³/mol. The van der Waals surface area contributed by atoms with Gasteiger partial charge in [-0.25, -0.2) is 4.79 Å². The largest absolute Gasteiger partial charge is 0.450 e. The molecule has 1 aliphatic rings. The van der Waals surface area contributed by atoms with Crippen molar-refractivity contribution in [1.29, 1.82) is 0 Å². The molecule has 0 unspecified atom stereocenters. The highest BCUT2D eigenvalue weighted by Crippen LogP contribution is 2.17. The van der Waals surface area contributed by atoms with Crippen molar-refractivity contribution in [3.63, 3.8) is 0 Å². The summed E-state index contributed by atoms with van der Waals surface area (Å²) in [6.07, 6.45) is 1.52. The van der Waals surface area contributed by atoms with Gasteiger partial charge in [-0.05, 0) is 44.1 Å². The Morgan fingerprint density at radius 3 is 2.77 bits per heavy atom. The standard InChI is InChI=1S/C18H23N3O4S/c1-2-24-17(23)20-10-7-13(8-11-20)19-16(22)9-12-21-14-5-3-4-6-15(14)25-18(21)26/h3-6,13H,2,7-12H2,1H3,(H,19,22).